The third kappa shape index (κ3) is 4.81. The second kappa shape index (κ2) is 7.57. The van der Waals surface area contributed by atoms with Crippen LogP contribution in [0.1, 0.15) is 52.4 Å². The highest BCUT2D eigenvalue weighted by Crippen LogP contribution is 2.27. The van der Waals surface area contributed by atoms with Gasteiger partial charge in [-0.3, -0.25) is 4.79 Å². The molecule has 1 aliphatic carbocycles. The molecule has 1 aliphatic rings. The molecule has 3 N–H and O–H groups in total. The summed E-state index contributed by atoms with van der Waals surface area (Å²) in [6.45, 7) is 7.76. The predicted molar refractivity (Wildman–Crippen MR) is 76.1 cm³/mol. The minimum Gasteiger partial charge on any atom is -0.349 e. The van der Waals surface area contributed by atoms with Gasteiger partial charge in [-0.2, -0.15) is 0 Å². The Hall–Kier alpha value is -0.830. The zero-order valence-electron chi connectivity index (χ0n) is 11.8. The first kappa shape index (κ1) is 15.2. The van der Waals surface area contributed by atoms with Crippen molar-refractivity contribution in [3.63, 3.8) is 0 Å². The molecule has 1 fully saturated rings. The number of carbonyl (C=O) groups excluding carboxylic acids is 1. The molecule has 0 saturated heterocycles. The third-order valence-electron chi connectivity index (χ3n) is 3.95. The Morgan fingerprint density at radius 2 is 2.00 bits per heavy atom. The lowest BCUT2D eigenvalue weighted by Crippen LogP contribution is -2.47. The molecule has 0 heterocycles. The van der Waals surface area contributed by atoms with Crippen molar-refractivity contribution in [1.82, 2.24) is 5.32 Å². The van der Waals surface area contributed by atoms with Crippen LogP contribution >= 0.6 is 0 Å². The molecule has 1 rings (SSSR count). The van der Waals surface area contributed by atoms with Crippen LogP contribution < -0.4 is 11.1 Å². The van der Waals surface area contributed by atoms with Crippen molar-refractivity contribution in [2.75, 3.05) is 0 Å². The molecule has 3 heteroatoms. The smallest absolute Gasteiger partial charge is 0.237 e. The standard InChI is InChI=1S/C15H28N2O/c1-4-13(10-12-8-6-5-7-9-12)17-15(18)14(16)11(2)3/h4,11-14H,1,5-10,16H2,2-3H3,(H,17,18)/t13-,14+/m1/s1. The Labute approximate surface area is 111 Å². The van der Waals surface area contributed by atoms with E-state index in [0.717, 1.165) is 12.3 Å². The lowest BCUT2D eigenvalue weighted by molar-refractivity contribution is -0.123. The molecule has 0 aromatic rings. The van der Waals surface area contributed by atoms with E-state index in [-0.39, 0.29) is 17.9 Å². The Morgan fingerprint density at radius 3 is 2.50 bits per heavy atom. The van der Waals surface area contributed by atoms with E-state index in [1.807, 2.05) is 19.9 Å². The van der Waals surface area contributed by atoms with E-state index in [9.17, 15) is 4.79 Å². The highest BCUT2D eigenvalue weighted by molar-refractivity contribution is 5.82. The predicted octanol–water partition coefficient (Wildman–Crippen LogP) is 2.61. The summed E-state index contributed by atoms with van der Waals surface area (Å²) < 4.78 is 0. The number of hydrogen-bond acceptors (Lipinski definition) is 2. The minimum absolute atomic E-state index is 0.0503. The van der Waals surface area contributed by atoms with Crippen LogP contribution in [-0.4, -0.2) is 18.0 Å². The monoisotopic (exact) mass is 252 g/mol. The molecule has 3 nitrogen and oxygen atoms in total. The van der Waals surface area contributed by atoms with Gasteiger partial charge in [-0.15, -0.1) is 6.58 Å². The second-order valence-corrected chi connectivity index (χ2v) is 5.86. The van der Waals surface area contributed by atoms with E-state index < -0.39 is 6.04 Å². The van der Waals surface area contributed by atoms with Crippen LogP contribution in [0, 0.1) is 11.8 Å². The van der Waals surface area contributed by atoms with Crippen LogP contribution in [0.15, 0.2) is 12.7 Å². The Balaban J connectivity index is 2.41. The molecule has 0 bridgehead atoms. The summed E-state index contributed by atoms with van der Waals surface area (Å²) in [6, 6.07) is -0.343. The van der Waals surface area contributed by atoms with Gasteiger partial charge in [0.05, 0.1) is 6.04 Å². The molecule has 1 saturated carbocycles. The van der Waals surface area contributed by atoms with Gasteiger partial charge in [0, 0.05) is 6.04 Å². The number of carbonyl (C=O) groups is 1. The maximum Gasteiger partial charge on any atom is 0.237 e. The van der Waals surface area contributed by atoms with Crippen molar-refractivity contribution >= 4 is 5.91 Å². The number of nitrogens with one attached hydrogen (secondary N) is 1. The second-order valence-electron chi connectivity index (χ2n) is 5.86. The normalized spacial score (nSPS) is 20.4. The van der Waals surface area contributed by atoms with Gasteiger partial charge in [0.25, 0.3) is 0 Å². The van der Waals surface area contributed by atoms with Crippen molar-refractivity contribution in [3.8, 4) is 0 Å². The lowest BCUT2D eigenvalue weighted by atomic mass is 9.84. The summed E-state index contributed by atoms with van der Waals surface area (Å²) in [6.07, 6.45) is 9.45. The Kier molecular flexibility index (Phi) is 6.41. The summed E-state index contributed by atoms with van der Waals surface area (Å²) in [5.41, 5.74) is 5.85. The molecular formula is C15H28N2O. The first-order valence-corrected chi connectivity index (χ1v) is 7.23. The summed E-state index contributed by atoms with van der Waals surface area (Å²) in [5, 5.41) is 3.01. The van der Waals surface area contributed by atoms with Crippen molar-refractivity contribution in [1.29, 1.82) is 0 Å². The number of hydrogen-bond donors (Lipinski definition) is 2. The zero-order chi connectivity index (χ0) is 13.5. The molecule has 104 valence electrons. The Morgan fingerprint density at radius 1 is 1.39 bits per heavy atom. The molecule has 0 unspecified atom stereocenters. The van der Waals surface area contributed by atoms with Crippen LogP contribution in [0.3, 0.4) is 0 Å². The van der Waals surface area contributed by atoms with E-state index in [4.69, 9.17) is 5.73 Å². The van der Waals surface area contributed by atoms with Crippen LogP contribution in [0.5, 0.6) is 0 Å². The summed E-state index contributed by atoms with van der Waals surface area (Å²) in [5.74, 6) is 0.855. The average Bonchev–Trinajstić information content (AvgIpc) is 2.37. The van der Waals surface area contributed by atoms with E-state index >= 15 is 0 Å². The minimum atomic E-state index is -0.418. The molecule has 18 heavy (non-hydrogen) atoms. The SMILES string of the molecule is C=C[C@H](CC1CCCCC1)NC(=O)[C@@H](N)C(C)C. The molecule has 0 radical (unpaired) electrons. The summed E-state index contributed by atoms with van der Waals surface area (Å²) in [7, 11) is 0. The van der Waals surface area contributed by atoms with Gasteiger partial charge in [-0.1, -0.05) is 52.0 Å². The van der Waals surface area contributed by atoms with E-state index in [0.29, 0.717) is 0 Å². The van der Waals surface area contributed by atoms with Gasteiger partial charge < -0.3 is 11.1 Å². The fourth-order valence-corrected chi connectivity index (χ4v) is 2.58. The van der Waals surface area contributed by atoms with Gasteiger partial charge in [0.15, 0.2) is 0 Å². The van der Waals surface area contributed by atoms with Gasteiger partial charge in [-0.25, -0.2) is 0 Å². The van der Waals surface area contributed by atoms with Crippen molar-refractivity contribution in [2.24, 2.45) is 17.6 Å². The van der Waals surface area contributed by atoms with Gasteiger partial charge in [0.2, 0.25) is 5.91 Å². The molecular weight excluding hydrogens is 224 g/mol. The van der Waals surface area contributed by atoms with E-state index in [1.165, 1.54) is 32.1 Å². The van der Waals surface area contributed by atoms with Crippen LogP contribution in [0.4, 0.5) is 0 Å². The fourth-order valence-electron chi connectivity index (χ4n) is 2.58. The van der Waals surface area contributed by atoms with Crippen molar-refractivity contribution in [3.05, 3.63) is 12.7 Å². The summed E-state index contributed by atoms with van der Waals surface area (Å²) in [4.78, 5) is 11.9. The van der Waals surface area contributed by atoms with E-state index in [1.54, 1.807) is 0 Å². The van der Waals surface area contributed by atoms with Crippen LogP contribution in [0.2, 0.25) is 0 Å². The molecule has 0 aromatic heterocycles. The highest BCUT2D eigenvalue weighted by Gasteiger charge is 2.22. The van der Waals surface area contributed by atoms with Gasteiger partial charge in [0.1, 0.15) is 0 Å². The topological polar surface area (TPSA) is 55.1 Å². The highest BCUT2D eigenvalue weighted by atomic mass is 16.2. The van der Waals surface area contributed by atoms with Crippen molar-refractivity contribution < 1.29 is 4.79 Å². The van der Waals surface area contributed by atoms with Gasteiger partial charge in [-0.05, 0) is 18.3 Å². The van der Waals surface area contributed by atoms with E-state index in [2.05, 4.69) is 11.9 Å². The lowest BCUT2D eigenvalue weighted by Gasteiger charge is -2.26. The maximum atomic E-state index is 11.9. The number of nitrogens with two attached hydrogens (primary N) is 1. The van der Waals surface area contributed by atoms with Crippen molar-refractivity contribution in [2.45, 2.75) is 64.5 Å². The fraction of sp³-hybridized carbons (Fsp3) is 0.800. The first-order valence-electron chi connectivity index (χ1n) is 7.23. The quantitative estimate of drug-likeness (QED) is 0.714. The maximum absolute atomic E-state index is 11.9. The largest absolute Gasteiger partial charge is 0.349 e. The Bertz CT molecular complexity index is 270. The number of amides is 1. The zero-order valence-corrected chi connectivity index (χ0v) is 11.8. The van der Waals surface area contributed by atoms with Crippen LogP contribution in [0.25, 0.3) is 0 Å². The van der Waals surface area contributed by atoms with Crippen LogP contribution in [-0.2, 0) is 4.79 Å². The number of rotatable bonds is 6. The molecule has 0 spiro atoms. The average molecular weight is 252 g/mol. The molecule has 0 aromatic carbocycles. The molecule has 1 amide bonds. The molecule has 2 atom stereocenters. The summed E-state index contributed by atoms with van der Waals surface area (Å²) >= 11 is 0. The van der Waals surface area contributed by atoms with Gasteiger partial charge >= 0.3 is 0 Å². The third-order valence-corrected chi connectivity index (χ3v) is 3.95. The molecule has 0 aliphatic heterocycles. The first-order chi connectivity index (χ1) is 8.54.